The van der Waals surface area contributed by atoms with Crippen LogP contribution in [0.3, 0.4) is 0 Å². The van der Waals surface area contributed by atoms with E-state index in [0.717, 1.165) is 5.69 Å². The molecule has 0 saturated carbocycles. The van der Waals surface area contributed by atoms with Gasteiger partial charge in [-0.15, -0.1) is 0 Å². The van der Waals surface area contributed by atoms with Crippen LogP contribution in [0.25, 0.3) is 0 Å². The van der Waals surface area contributed by atoms with Crippen molar-refractivity contribution < 1.29 is 9.59 Å². The first-order valence-corrected chi connectivity index (χ1v) is 8.51. The predicted molar refractivity (Wildman–Crippen MR) is 106 cm³/mol. The SMILES string of the molecule is CC(=O)c1ccc(NC(=O)c2cnc(Nc3ccc(C)c(C)c3)nc2)cc1. The highest BCUT2D eigenvalue weighted by molar-refractivity contribution is 6.04. The fourth-order valence-electron chi connectivity index (χ4n) is 2.45. The van der Waals surface area contributed by atoms with Crippen LogP contribution in [-0.2, 0) is 0 Å². The summed E-state index contributed by atoms with van der Waals surface area (Å²) in [5.74, 6) is 0.0806. The van der Waals surface area contributed by atoms with Gasteiger partial charge in [-0.2, -0.15) is 0 Å². The summed E-state index contributed by atoms with van der Waals surface area (Å²) in [6.07, 6.45) is 2.94. The number of amides is 1. The average Bonchev–Trinajstić information content (AvgIpc) is 2.66. The van der Waals surface area contributed by atoms with Crippen molar-refractivity contribution in [3.05, 3.63) is 77.1 Å². The molecule has 136 valence electrons. The summed E-state index contributed by atoms with van der Waals surface area (Å²) in [6.45, 7) is 5.59. The standard InChI is InChI=1S/C21H20N4O2/c1-13-4-7-19(10-14(13)2)25-21-22-11-17(12-23-21)20(27)24-18-8-5-16(6-9-18)15(3)26/h4-12H,1-3H3,(H,24,27)(H,22,23,25). The number of benzene rings is 2. The number of nitrogens with zero attached hydrogens (tertiary/aromatic N) is 2. The first kappa shape index (κ1) is 18.3. The Balaban J connectivity index is 1.66. The minimum atomic E-state index is -0.316. The molecule has 27 heavy (non-hydrogen) atoms. The summed E-state index contributed by atoms with van der Waals surface area (Å²) in [6, 6.07) is 12.7. The van der Waals surface area contributed by atoms with E-state index in [1.165, 1.54) is 30.4 Å². The molecule has 1 aromatic heterocycles. The third kappa shape index (κ3) is 4.55. The van der Waals surface area contributed by atoms with Gasteiger partial charge in [-0.3, -0.25) is 9.59 Å². The number of Topliss-reactive ketones (excluding diaryl/α,β-unsaturated/α-hetero) is 1. The van der Waals surface area contributed by atoms with E-state index in [0.29, 0.717) is 22.8 Å². The highest BCUT2D eigenvalue weighted by atomic mass is 16.1. The number of aromatic nitrogens is 2. The van der Waals surface area contributed by atoms with Crippen LogP contribution in [0.4, 0.5) is 17.3 Å². The summed E-state index contributed by atoms with van der Waals surface area (Å²) in [5.41, 5.74) is 4.81. The quantitative estimate of drug-likeness (QED) is 0.663. The monoisotopic (exact) mass is 360 g/mol. The molecule has 0 spiro atoms. The highest BCUT2D eigenvalue weighted by Crippen LogP contribution is 2.17. The molecule has 0 aliphatic heterocycles. The highest BCUT2D eigenvalue weighted by Gasteiger charge is 2.09. The van der Waals surface area contributed by atoms with Crippen molar-refractivity contribution in [2.45, 2.75) is 20.8 Å². The second-order valence-electron chi connectivity index (χ2n) is 6.31. The van der Waals surface area contributed by atoms with E-state index < -0.39 is 0 Å². The summed E-state index contributed by atoms with van der Waals surface area (Å²) in [5, 5.41) is 5.88. The molecule has 0 aliphatic carbocycles. The largest absolute Gasteiger partial charge is 0.324 e. The van der Waals surface area contributed by atoms with Gasteiger partial charge >= 0.3 is 0 Å². The summed E-state index contributed by atoms with van der Waals surface area (Å²) in [7, 11) is 0. The van der Waals surface area contributed by atoms with E-state index in [1.807, 2.05) is 25.1 Å². The molecule has 0 atom stereocenters. The van der Waals surface area contributed by atoms with Gasteiger partial charge in [0, 0.05) is 29.3 Å². The van der Waals surface area contributed by atoms with Crippen molar-refractivity contribution >= 4 is 29.0 Å². The van der Waals surface area contributed by atoms with Crippen molar-refractivity contribution in [2.75, 3.05) is 10.6 Å². The van der Waals surface area contributed by atoms with Gasteiger partial charge in [0.15, 0.2) is 5.78 Å². The second-order valence-corrected chi connectivity index (χ2v) is 6.31. The lowest BCUT2D eigenvalue weighted by Gasteiger charge is -2.08. The Morgan fingerprint density at radius 3 is 2.04 bits per heavy atom. The van der Waals surface area contributed by atoms with Crippen LogP contribution in [0.1, 0.15) is 38.8 Å². The molecule has 1 heterocycles. The molecule has 1 amide bonds. The van der Waals surface area contributed by atoms with Crippen LogP contribution < -0.4 is 10.6 Å². The molecule has 0 saturated heterocycles. The van der Waals surface area contributed by atoms with Crippen molar-refractivity contribution in [1.82, 2.24) is 9.97 Å². The maximum atomic E-state index is 12.3. The Labute approximate surface area is 157 Å². The molecule has 0 radical (unpaired) electrons. The van der Waals surface area contributed by atoms with Crippen molar-refractivity contribution in [3.8, 4) is 0 Å². The lowest BCUT2D eigenvalue weighted by molar-refractivity contribution is 0.101. The maximum Gasteiger partial charge on any atom is 0.258 e. The molecule has 2 N–H and O–H groups in total. The maximum absolute atomic E-state index is 12.3. The first-order valence-electron chi connectivity index (χ1n) is 8.51. The Morgan fingerprint density at radius 1 is 0.815 bits per heavy atom. The summed E-state index contributed by atoms with van der Waals surface area (Å²) < 4.78 is 0. The van der Waals surface area contributed by atoms with Crippen molar-refractivity contribution in [3.63, 3.8) is 0 Å². The van der Waals surface area contributed by atoms with Gasteiger partial charge in [-0.25, -0.2) is 9.97 Å². The minimum absolute atomic E-state index is 0.0202. The molecule has 3 aromatic rings. The van der Waals surface area contributed by atoms with Crippen LogP contribution >= 0.6 is 0 Å². The fourth-order valence-corrected chi connectivity index (χ4v) is 2.45. The number of anilines is 3. The zero-order valence-corrected chi connectivity index (χ0v) is 15.4. The van der Waals surface area contributed by atoms with Crippen LogP contribution in [0.15, 0.2) is 54.9 Å². The van der Waals surface area contributed by atoms with E-state index in [-0.39, 0.29) is 11.7 Å². The number of aryl methyl sites for hydroxylation is 2. The average molecular weight is 360 g/mol. The molecule has 3 rings (SSSR count). The molecule has 0 aliphatic rings. The minimum Gasteiger partial charge on any atom is -0.324 e. The van der Waals surface area contributed by atoms with E-state index in [2.05, 4.69) is 27.5 Å². The Morgan fingerprint density at radius 2 is 1.44 bits per heavy atom. The second kappa shape index (κ2) is 7.78. The van der Waals surface area contributed by atoms with E-state index in [9.17, 15) is 9.59 Å². The molecule has 6 nitrogen and oxygen atoms in total. The Bertz CT molecular complexity index is 980. The van der Waals surface area contributed by atoms with E-state index in [1.54, 1.807) is 24.3 Å². The van der Waals surface area contributed by atoms with Gasteiger partial charge in [0.05, 0.1) is 5.56 Å². The number of carbonyl (C=O) groups is 2. The normalized spacial score (nSPS) is 10.3. The van der Waals surface area contributed by atoms with Crippen LogP contribution in [0, 0.1) is 13.8 Å². The van der Waals surface area contributed by atoms with Crippen LogP contribution in [-0.4, -0.2) is 21.7 Å². The van der Waals surface area contributed by atoms with E-state index >= 15 is 0 Å². The molecule has 2 aromatic carbocycles. The van der Waals surface area contributed by atoms with Gasteiger partial charge in [0.25, 0.3) is 5.91 Å². The molecular formula is C21H20N4O2. The number of rotatable bonds is 5. The van der Waals surface area contributed by atoms with Gasteiger partial charge in [-0.05, 0) is 68.3 Å². The Kier molecular flexibility index (Phi) is 5.26. The third-order valence-electron chi connectivity index (χ3n) is 4.23. The summed E-state index contributed by atoms with van der Waals surface area (Å²) in [4.78, 5) is 32.0. The smallest absolute Gasteiger partial charge is 0.258 e. The number of carbonyl (C=O) groups excluding carboxylic acids is 2. The van der Waals surface area contributed by atoms with Crippen LogP contribution in [0.2, 0.25) is 0 Å². The molecule has 0 unspecified atom stereocenters. The predicted octanol–water partition coefficient (Wildman–Crippen LogP) is 4.29. The lowest BCUT2D eigenvalue weighted by Crippen LogP contribution is -2.13. The number of hydrogen-bond donors (Lipinski definition) is 2. The molecular weight excluding hydrogens is 340 g/mol. The molecule has 6 heteroatoms. The topological polar surface area (TPSA) is 84.0 Å². The van der Waals surface area contributed by atoms with Gasteiger partial charge in [0.1, 0.15) is 0 Å². The third-order valence-corrected chi connectivity index (χ3v) is 4.23. The molecule has 0 bridgehead atoms. The van der Waals surface area contributed by atoms with E-state index in [4.69, 9.17) is 0 Å². The fraction of sp³-hybridized carbons (Fsp3) is 0.143. The van der Waals surface area contributed by atoms with Crippen molar-refractivity contribution in [1.29, 1.82) is 0 Å². The van der Waals surface area contributed by atoms with Gasteiger partial charge < -0.3 is 10.6 Å². The lowest BCUT2D eigenvalue weighted by atomic mass is 10.1. The molecule has 0 fully saturated rings. The van der Waals surface area contributed by atoms with Gasteiger partial charge in [-0.1, -0.05) is 6.07 Å². The van der Waals surface area contributed by atoms with Crippen molar-refractivity contribution in [2.24, 2.45) is 0 Å². The zero-order valence-electron chi connectivity index (χ0n) is 15.4. The van der Waals surface area contributed by atoms with Crippen LogP contribution in [0.5, 0.6) is 0 Å². The first-order chi connectivity index (χ1) is 12.9. The number of ketones is 1. The number of nitrogens with one attached hydrogen (secondary N) is 2. The Hall–Kier alpha value is -3.54. The van der Waals surface area contributed by atoms with Gasteiger partial charge in [0.2, 0.25) is 5.95 Å². The number of hydrogen-bond acceptors (Lipinski definition) is 5. The summed E-state index contributed by atoms with van der Waals surface area (Å²) >= 11 is 0. The zero-order chi connectivity index (χ0) is 19.4.